The van der Waals surface area contributed by atoms with Crippen LogP contribution in [0.2, 0.25) is 10.0 Å². The predicted molar refractivity (Wildman–Crippen MR) is 93.6 cm³/mol. The first kappa shape index (κ1) is 15.4. The van der Waals surface area contributed by atoms with Crippen LogP contribution in [-0.2, 0) is 0 Å². The number of piperidine rings is 1. The van der Waals surface area contributed by atoms with Crippen LogP contribution < -0.4 is 5.32 Å². The Labute approximate surface area is 143 Å². The highest BCUT2D eigenvalue weighted by atomic mass is 79.9. The third kappa shape index (κ3) is 3.29. The lowest BCUT2D eigenvalue weighted by Gasteiger charge is -2.34. The van der Waals surface area contributed by atoms with Gasteiger partial charge in [0.2, 0.25) is 0 Å². The monoisotopic (exact) mass is 383 g/mol. The largest absolute Gasteiger partial charge is 0.316 e. The van der Waals surface area contributed by atoms with E-state index in [0.29, 0.717) is 11.8 Å². The second kappa shape index (κ2) is 6.70. The van der Waals surface area contributed by atoms with Gasteiger partial charge >= 0.3 is 0 Å². The van der Waals surface area contributed by atoms with Crippen molar-refractivity contribution in [3.63, 3.8) is 0 Å². The smallest absolute Gasteiger partial charge is 0.0441 e. The molecule has 0 aromatic heterocycles. The molecule has 1 saturated heterocycles. The molecule has 2 atom stereocenters. The molecule has 21 heavy (non-hydrogen) atoms. The average Bonchev–Trinajstić information content (AvgIpc) is 2.48. The molecule has 1 aliphatic rings. The van der Waals surface area contributed by atoms with Crippen molar-refractivity contribution >= 4 is 39.1 Å². The summed E-state index contributed by atoms with van der Waals surface area (Å²) >= 11 is 16.1. The summed E-state index contributed by atoms with van der Waals surface area (Å²) in [6.45, 7) is 1.98. The van der Waals surface area contributed by atoms with Crippen LogP contribution in [0.4, 0.5) is 0 Å². The standard InChI is InChI=1S/C17H16BrCl2N/c18-16-9-11(19)5-6-13(16)12-7-8-21-10-15(12)14-3-1-2-4-17(14)20/h1-6,9,12,15,21H,7-8,10H2. The molecule has 2 aromatic rings. The van der Waals surface area contributed by atoms with Gasteiger partial charge < -0.3 is 5.32 Å². The summed E-state index contributed by atoms with van der Waals surface area (Å²) in [5.74, 6) is 0.822. The zero-order chi connectivity index (χ0) is 14.8. The van der Waals surface area contributed by atoms with E-state index in [1.54, 1.807) is 0 Å². The van der Waals surface area contributed by atoms with E-state index in [9.17, 15) is 0 Å². The Morgan fingerprint density at radius 3 is 2.57 bits per heavy atom. The molecule has 0 amide bonds. The number of halogens is 3. The fourth-order valence-electron chi connectivity index (χ4n) is 3.14. The Kier molecular flexibility index (Phi) is 4.90. The highest BCUT2D eigenvalue weighted by Gasteiger charge is 2.30. The summed E-state index contributed by atoms with van der Waals surface area (Å²) in [6, 6.07) is 14.2. The summed E-state index contributed by atoms with van der Waals surface area (Å²) in [5.41, 5.74) is 2.53. The SMILES string of the molecule is Clc1ccc(C2CCNCC2c2ccccc2Cl)c(Br)c1. The molecule has 0 spiro atoms. The molecule has 3 rings (SSSR count). The van der Waals surface area contributed by atoms with Crippen LogP contribution in [-0.4, -0.2) is 13.1 Å². The molecule has 0 aliphatic carbocycles. The first-order valence-electron chi connectivity index (χ1n) is 7.07. The fourth-order valence-corrected chi connectivity index (χ4v) is 4.39. The van der Waals surface area contributed by atoms with E-state index in [1.807, 2.05) is 24.3 Å². The molecule has 1 nitrogen and oxygen atoms in total. The van der Waals surface area contributed by atoms with Gasteiger partial charge in [-0.15, -0.1) is 0 Å². The maximum atomic E-state index is 6.41. The van der Waals surface area contributed by atoms with Crippen LogP contribution >= 0.6 is 39.1 Å². The third-order valence-corrected chi connectivity index (χ3v) is 5.41. The number of nitrogens with one attached hydrogen (secondary N) is 1. The van der Waals surface area contributed by atoms with E-state index in [0.717, 1.165) is 34.0 Å². The normalized spacial score (nSPS) is 22.2. The Hall–Kier alpha value is -0.540. The first-order chi connectivity index (χ1) is 10.2. The quantitative estimate of drug-likeness (QED) is 0.708. The molecule has 0 bridgehead atoms. The van der Waals surface area contributed by atoms with E-state index in [2.05, 4.69) is 39.4 Å². The predicted octanol–water partition coefficient (Wildman–Crippen LogP) is 5.62. The van der Waals surface area contributed by atoms with Gasteiger partial charge in [0.25, 0.3) is 0 Å². The van der Waals surface area contributed by atoms with Crippen LogP contribution in [0.5, 0.6) is 0 Å². The van der Waals surface area contributed by atoms with E-state index in [4.69, 9.17) is 23.2 Å². The molecular weight excluding hydrogens is 369 g/mol. The van der Waals surface area contributed by atoms with Crippen molar-refractivity contribution in [1.82, 2.24) is 5.32 Å². The number of hydrogen-bond acceptors (Lipinski definition) is 1. The van der Waals surface area contributed by atoms with Crippen LogP contribution in [0.1, 0.15) is 29.4 Å². The molecule has 4 heteroatoms. The van der Waals surface area contributed by atoms with E-state index < -0.39 is 0 Å². The van der Waals surface area contributed by atoms with Crippen molar-refractivity contribution in [3.8, 4) is 0 Å². The van der Waals surface area contributed by atoms with Gasteiger partial charge in [0.1, 0.15) is 0 Å². The molecule has 110 valence electrons. The topological polar surface area (TPSA) is 12.0 Å². The molecule has 1 N–H and O–H groups in total. The third-order valence-electron chi connectivity index (χ3n) is 4.15. The summed E-state index contributed by atoms with van der Waals surface area (Å²) in [7, 11) is 0. The van der Waals surface area contributed by atoms with E-state index in [1.165, 1.54) is 11.1 Å². The van der Waals surface area contributed by atoms with Crippen molar-refractivity contribution in [3.05, 3.63) is 68.1 Å². The molecule has 2 aromatic carbocycles. The molecule has 0 radical (unpaired) electrons. The summed E-state index contributed by atoms with van der Waals surface area (Å²) < 4.78 is 1.08. The highest BCUT2D eigenvalue weighted by molar-refractivity contribution is 9.10. The van der Waals surface area contributed by atoms with Gasteiger partial charge in [0.05, 0.1) is 0 Å². The maximum absolute atomic E-state index is 6.41. The van der Waals surface area contributed by atoms with Gasteiger partial charge in [-0.3, -0.25) is 0 Å². The van der Waals surface area contributed by atoms with Gasteiger partial charge in [-0.2, -0.15) is 0 Å². The van der Waals surface area contributed by atoms with Crippen LogP contribution in [0, 0.1) is 0 Å². The molecule has 1 fully saturated rings. The van der Waals surface area contributed by atoms with Crippen molar-refractivity contribution in [2.45, 2.75) is 18.3 Å². The van der Waals surface area contributed by atoms with Gasteiger partial charge in [0.15, 0.2) is 0 Å². The number of benzene rings is 2. The molecule has 1 aliphatic heterocycles. The fraction of sp³-hybridized carbons (Fsp3) is 0.294. The molecule has 2 unspecified atom stereocenters. The molecule has 1 heterocycles. The average molecular weight is 385 g/mol. The summed E-state index contributed by atoms with van der Waals surface area (Å²) in [4.78, 5) is 0. The summed E-state index contributed by atoms with van der Waals surface area (Å²) in [6.07, 6.45) is 1.09. The Morgan fingerprint density at radius 1 is 1.00 bits per heavy atom. The number of rotatable bonds is 2. The van der Waals surface area contributed by atoms with Crippen LogP contribution in [0.3, 0.4) is 0 Å². The second-order valence-electron chi connectivity index (χ2n) is 5.39. The van der Waals surface area contributed by atoms with Crippen molar-refractivity contribution in [1.29, 1.82) is 0 Å². The van der Waals surface area contributed by atoms with Gasteiger partial charge in [-0.25, -0.2) is 0 Å². The van der Waals surface area contributed by atoms with Crippen molar-refractivity contribution in [2.75, 3.05) is 13.1 Å². The molecule has 0 saturated carbocycles. The minimum atomic E-state index is 0.380. The van der Waals surface area contributed by atoms with E-state index >= 15 is 0 Å². The first-order valence-corrected chi connectivity index (χ1v) is 8.62. The lowest BCUT2D eigenvalue weighted by molar-refractivity contribution is 0.403. The minimum Gasteiger partial charge on any atom is -0.316 e. The van der Waals surface area contributed by atoms with Crippen molar-refractivity contribution < 1.29 is 0 Å². The lowest BCUT2D eigenvalue weighted by Crippen LogP contribution is -2.34. The molecular formula is C17H16BrCl2N. The Bertz CT molecular complexity index is 644. The van der Waals surface area contributed by atoms with Crippen molar-refractivity contribution in [2.24, 2.45) is 0 Å². The van der Waals surface area contributed by atoms with Crippen LogP contribution in [0.25, 0.3) is 0 Å². The Morgan fingerprint density at radius 2 is 1.81 bits per heavy atom. The zero-order valence-corrected chi connectivity index (χ0v) is 14.5. The minimum absolute atomic E-state index is 0.380. The zero-order valence-electron chi connectivity index (χ0n) is 11.5. The van der Waals surface area contributed by atoms with Gasteiger partial charge in [0, 0.05) is 27.0 Å². The second-order valence-corrected chi connectivity index (χ2v) is 7.09. The van der Waals surface area contributed by atoms with Gasteiger partial charge in [-0.05, 0) is 48.2 Å². The summed E-state index contributed by atoms with van der Waals surface area (Å²) in [5, 5.41) is 5.10. The van der Waals surface area contributed by atoms with E-state index in [-0.39, 0.29) is 0 Å². The highest BCUT2D eigenvalue weighted by Crippen LogP contribution is 2.42. The van der Waals surface area contributed by atoms with Crippen LogP contribution in [0.15, 0.2) is 46.9 Å². The number of hydrogen-bond donors (Lipinski definition) is 1. The lowest BCUT2D eigenvalue weighted by atomic mass is 9.77. The maximum Gasteiger partial charge on any atom is 0.0441 e. The van der Waals surface area contributed by atoms with Gasteiger partial charge in [-0.1, -0.05) is 63.4 Å². The Balaban J connectivity index is 2.00.